The summed E-state index contributed by atoms with van der Waals surface area (Å²) in [4.78, 5) is 69.6. The Labute approximate surface area is 356 Å². The van der Waals surface area contributed by atoms with Gasteiger partial charge in [-0.15, -0.1) is 0 Å². The van der Waals surface area contributed by atoms with E-state index in [1.807, 2.05) is 0 Å². The highest BCUT2D eigenvalue weighted by molar-refractivity contribution is 6.09. The van der Waals surface area contributed by atoms with E-state index in [-0.39, 0.29) is 106 Å². The van der Waals surface area contributed by atoms with E-state index in [0.717, 1.165) is 12.4 Å². The molecule has 0 radical (unpaired) electrons. The Balaban J connectivity index is 1.36. The van der Waals surface area contributed by atoms with E-state index >= 15 is 0 Å². The van der Waals surface area contributed by atoms with Gasteiger partial charge in [0.1, 0.15) is 43.3 Å². The number of aliphatic imine (C=N–C) groups is 2. The summed E-state index contributed by atoms with van der Waals surface area (Å²) in [6.07, 6.45) is 3.90. The number of nitrogens with zero attached hydrogens (tertiary/aromatic N) is 4. The highest BCUT2D eigenvalue weighted by atomic mass is 19.1. The molecule has 20 nitrogen and oxygen atoms in total. The SMILES string of the molecule is NC(N)=NCCCCC(=O)Nc1cc(CF)cc(NC(=O)c2cc(C(=O)Nc3cc(CF)cc(NC(=O)CCCCN=C(N)N)c3O[C@@H]3CCNC3)ncn2)c1O[C@@H]1CCNC1. The summed E-state index contributed by atoms with van der Waals surface area (Å²) in [5.41, 5.74) is 21.7. The molecular formula is C40H54F2N14O6. The predicted octanol–water partition coefficient (Wildman–Crippen LogP) is 2.17. The van der Waals surface area contributed by atoms with Gasteiger partial charge in [-0.1, -0.05) is 0 Å². The van der Waals surface area contributed by atoms with E-state index in [9.17, 15) is 28.0 Å². The van der Waals surface area contributed by atoms with E-state index in [2.05, 4.69) is 51.9 Å². The van der Waals surface area contributed by atoms with Crippen molar-refractivity contribution in [2.75, 3.05) is 60.5 Å². The fourth-order valence-electron chi connectivity index (χ4n) is 6.56. The number of anilines is 4. The quantitative estimate of drug-likeness (QED) is 0.0393. The van der Waals surface area contributed by atoms with Crippen LogP contribution in [0.15, 0.2) is 46.6 Å². The molecule has 0 aliphatic carbocycles. The first kappa shape index (κ1) is 46.4. The minimum Gasteiger partial charge on any atom is -0.485 e. The molecule has 62 heavy (non-hydrogen) atoms. The standard InChI is InChI=1S/C40H54F2N14O6/c41-18-23-13-27(53-33(57)5-1-3-9-49-39(43)44)35(61-25-7-11-47-20-25)29(15-23)55-37(59)31-17-32(52-22-51-31)38(60)56-30-16-24(19-42)14-28(36(30)62-26-8-12-48-21-26)54-34(58)6-2-4-10-50-40(45)46/h13-17,22,25-26,47-48H,1-12,18-21H2,(H,53,57)(H,54,58)(H,55,59)(H,56,60)(H4,43,44,49)(H4,45,46,50)/t25-,26-/m1/s1. The van der Waals surface area contributed by atoms with Crippen LogP contribution in [0.25, 0.3) is 0 Å². The lowest BCUT2D eigenvalue weighted by molar-refractivity contribution is -0.117. The molecule has 22 heteroatoms. The first-order chi connectivity index (χ1) is 29.9. The Morgan fingerprint density at radius 3 is 1.39 bits per heavy atom. The summed E-state index contributed by atoms with van der Waals surface area (Å²) >= 11 is 0. The fraction of sp³-hybridized carbons (Fsp3) is 0.450. The Kier molecular flexibility index (Phi) is 17.5. The number of hydrogen-bond acceptors (Lipinski definition) is 12. The van der Waals surface area contributed by atoms with E-state index in [1.54, 1.807) is 0 Å². The number of hydrogen-bond donors (Lipinski definition) is 10. The molecule has 334 valence electrons. The van der Waals surface area contributed by atoms with Crippen LogP contribution in [-0.4, -0.2) is 97.0 Å². The topological polar surface area (TPSA) is 313 Å². The van der Waals surface area contributed by atoms with Gasteiger partial charge in [0, 0.05) is 45.1 Å². The molecule has 2 aliphatic heterocycles. The third-order valence-electron chi connectivity index (χ3n) is 9.59. The number of aromatic nitrogens is 2. The molecule has 0 spiro atoms. The van der Waals surface area contributed by atoms with Crippen molar-refractivity contribution in [3.05, 3.63) is 59.2 Å². The number of carbonyl (C=O) groups excluding carboxylic acids is 4. The van der Waals surface area contributed by atoms with Gasteiger partial charge in [-0.3, -0.25) is 29.2 Å². The molecule has 4 amide bonds. The van der Waals surface area contributed by atoms with Gasteiger partial charge in [0.15, 0.2) is 23.4 Å². The van der Waals surface area contributed by atoms with Crippen LogP contribution in [0.3, 0.4) is 0 Å². The van der Waals surface area contributed by atoms with Gasteiger partial charge in [0.2, 0.25) is 11.8 Å². The lowest BCUT2D eigenvalue weighted by Crippen LogP contribution is -2.24. The van der Waals surface area contributed by atoms with Gasteiger partial charge >= 0.3 is 0 Å². The van der Waals surface area contributed by atoms with Gasteiger partial charge < -0.3 is 64.3 Å². The molecule has 3 heterocycles. The largest absolute Gasteiger partial charge is 0.485 e. The number of nitrogens with one attached hydrogen (secondary N) is 6. The fourth-order valence-corrected chi connectivity index (χ4v) is 6.56. The maximum atomic E-state index is 14.2. The first-order valence-electron chi connectivity index (χ1n) is 20.3. The number of benzene rings is 2. The second-order valence-corrected chi connectivity index (χ2v) is 14.6. The van der Waals surface area contributed by atoms with E-state index < -0.39 is 25.2 Å². The van der Waals surface area contributed by atoms with Gasteiger partial charge in [-0.25, -0.2) is 18.7 Å². The molecule has 0 bridgehead atoms. The summed E-state index contributed by atoms with van der Waals surface area (Å²) in [5.74, 6) is -2.23. The Morgan fingerprint density at radius 1 is 0.629 bits per heavy atom. The van der Waals surface area contributed by atoms with Crippen LogP contribution >= 0.6 is 0 Å². The van der Waals surface area contributed by atoms with Crippen LogP contribution in [-0.2, 0) is 22.9 Å². The third-order valence-corrected chi connectivity index (χ3v) is 9.59. The summed E-state index contributed by atoms with van der Waals surface area (Å²) in [7, 11) is 0. The van der Waals surface area contributed by atoms with Crippen molar-refractivity contribution in [1.29, 1.82) is 0 Å². The third kappa shape index (κ3) is 14.2. The molecule has 14 N–H and O–H groups in total. The van der Waals surface area contributed by atoms with Crippen LogP contribution in [0.4, 0.5) is 31.5 Å². The molecule has 5 rings (SSSR count). The van der Waals surface area contributed by atoms with Crippen molar-refractivity contribution >= 4 is 58.3 Å². The number of guanidine groups is 2. The van der Waals surface area contributed by atoms with Crippen molar-refractivity contribution in [2.45, 2.75) is 76.9 Å². The number of amides is 4. The predicted molar refractivity (Wildman–Crippen MR) is 231 cm³/mol. The second kappa shape index (κ2) is 23.4. The lowest BCUT2D eigenvalue weighted by Gasteiger charge is -2.21. The van der Waals surface area contributed by atoms with Gasteiger partial charge in [-0.05, 0) is 87.0 Å². The molecule has 2 atom stereocenters. The average molecular weight is 865 g/mol. The number of unbranched alkanes of at least 4 members (excludes halogenated alkanes) is 2. The van der Waals surface area contributed by atoms with Gasteiger partial charge in [0.25, 0.3) is 11.8 Å². The van der Waals surface area contributed by atoms with Crippen LogP contribution in [0.2, 0.25) is 0 Å². The van der Waals surface area contributed by atoms with Gasteiger partial charge in [-0.2, -0.15) is 0 Å². The first-order valence-corrected chi connectivity index (χ1v) is 20.3. The minimum atomic E-state index is -0.925. The molecule has 2 aliphatic rings. The number of rotatable bonds is 22. The van der Waals surface area contributed by atoms with Crippen LogP contribution < -0.4 is 64.3 Å². The average Bonchev–Trinajstić information content (AvgIpc) is 3.97. The molecule has 3 aromatic rings. The smallest absolute Gasteiger partial charge is 0.274 e. The molecule has 1 aromatic heterocycles. The van der Waals surface area contributed by atoms with E-state index in [1.165, 1.54) is 24.3 Å². The van der Waals surface area contributed by atoms with Crippen molar-refractivity contribution in [2.24, 2.45) is 32.9 Å². The number of carbonyl (C=O) groups is 4. The zero-order valence-electron chi connectivity index (χ0n) is 34.2. The van der Waals surface area contributed by atoms with Crippen molar-refractivity contribution in [3.63, 3.8) is 0 Å². The second-order valence-electron chi connectivity index (χ2n) is 14.6. The molecule has 2 saturated heterocycles. The van der Waals surface area contributed by atoms with Crippen LogP contribution in [0.1, 0.15) is 83.5 Å². The normalized spacial score (nSPS) is 15.6. The molecular weight excluding hydrogens is 811 g/mol. The lowest BCUT2D eigenvalue weighted by atomic mass is 10.1. The highest BCUT2D eigenvalue weighted by Gasteiger charge is 2.26. The van der Waals surface area contributed by atoms with Crippen molar-refractivity contribution in [1.82, 2.24) is 20.6 Å². The minimum absolute atomic E-state index is 0.0450. The number of alkyl halides is 2. The van der Waals surface area contributed by atoms with Gasteiger partial charge in [0.05, 0.1) is 22.7 Å². The molecule has 2 aromatic carbocycles. The maximum absolute atomic E-state index is 14.2. The monoisotopic (exact) mass is 864 g/mol. The number of ether oxygens (including phenoxy) is 2. The Morgan fingerprint density at radius 2 is 1.03 bits per heavy atom. The number of halogens is 2. The summed E-state index contributed by atoms with van der Waals surface area (Å²) in [6, 6.07) is 6.78. The Bertz CT molecular complexity index is 1960. The summed E-state index contributed by atoms with van der Waals surface area (Å²) in [5, 5.41) is 17.4. The van der Waals surface area contributed by atoms with Crippen LogP contribution in [0.5, 0.6) is 11.5 Å². The maximum Gasteiger partial charge on any atom is 0.274 e. The number of nitrogens with two attached hydrogens (primary N) is 4. The highest BCUT2D eigenvalue weighted by Crippen LogP contribution is 2.39. The molecule has 2 fully saturated rings. The summed E-state index contributed by atoms with van der Waals surface area (Å²) < 4.78 is 41.0. The zero-order chi connectivity index (χ0) is 44.4. The van der Waals surface area contributed by atoms with E-state index in [0.29, 0.717) is 77.8 Å². The van der Waals surface area contributed by atoms with Crippen molar-refractivity contribution < 1.29 is 37.4 Å². The summed E-state index contributed by atoms with van der Waals surface area (Å²) in [6.45, 7) is 1.21. The van der Waals surface area contributed by atoms with Crippen LogP contribution in [0, 0.1) is 0 Å². The molecule has 0 saturated carbocycles. The Hall–Kier alpha value is -6.68. The zero-order valence-corrected chi connectivity index (χ0v) is 34.2. The van der Waals surface area contributed by atoms with E-state index in [4.69, 9.17) is 32.4 Å². The van der Waals surface area contributed by atoms with Crippen molar-refractivity contribution in [3.8, 4) is 11.5 Å². The molecule has 0 unspecified atom stereocenters.